The van der Waals surface area contributed by atoms with E-state index in [0.717, 1.165) is 11.3 Å². The molecule has 2 aromatic carbocycles. The quantitative estimate of drug-likeness (QED) is 0.794. The van der Waals surface area contributed by atoms with Crippen LogP contribution in [0.2, 0.25) is 0 Å². The summed E-state index contributed by atoms with van der Waals surface area (Å²) >= 11 is 0. The number of hydrogen-bond donors (Lipinski definition) is 2. The molecule has 5 nitrogen and oxygen atoms in total. The number of anilines is 2. The lowest BCUT2D eigenvalue weighted by molar-refractivity contribution is -0.143. The number of benzene rings is 2. The minimum absolute atomic E-state index is 0.0807. The van der Waals surface area contributed by atoms with Crippen LogP contribution in [-0.2, 0) is 16.0 Å². The molecule has 0 aliphatic carbocycles. The number of nitrogen functional groups attached to an aromatic ring is 1. The van der Waals surface area contributed by atoms with E-state index in [2.05, 4.69) is 36.5 Å². The van der Waals surface area contributed by atoms with Gasteiger partial charge in [0.15, 0.2) is 0 Å². The number of nitrogens with one attached hydrogen (secondary N) is 1. The Morgan fingerprint density at radius 3 is 2.56 bits per heavy atom. The highest BCUT2D eigenvalue weighted by Gasteiger charge is 2.34. The number of nitrogens with two attached hydrogens (primary N) is 1. The van der Waals surface area contributed by atoms with Crippen molar-refractivity contribution in [3.63, 3.8) is 0 Å². The SMILES string of the molecule is COC1CN(C(=O)C(Cc2ccc(C)cc2)Nc2ccccc2N)C1. The van der Waals surface area contributed by atoms with Crippen LogP contribution < -0.4 is 11.1 Å². The molecule has 1 unspecified atom stereocenters. The largest absolute Gasteiger partial charge is 0.397 e. The van der Waals surface area contributed by atoms with Crippen LogP contribution in [0, 0.1) is 6.92 Å². The third kappa shape index (κ3) is 4.12. The Morgan fingerprint density at radius 2 is 1.92 bits per heavy atom. The predicted octanol–water partition coefficient (Wildman–Crippen LogP) is 2.46. The molecule has 1 aliphatic rings. The molecule has 1 heterocycles. The van der Waals surface area contributed by atoms with Gasteiger partial charge < -0.3 is 20.7 Å². The van der Waals surface area contributed by atoms with E-state index in [1.807, 2.05) is 29.2 Å². The van der Waals surface area contributed by atoms with Gasteiger partial charge in [-0.2, -0.15) is 0 Å². The molecule has 3 N–H and O–H groups in total. The first-order valence-electron chi connectivity index (χ1n) is 8.55. The lowest BCUT2D eigenvalue weighted by atomic mass is 10.0. The van der Waals surface area contributed by atoms with E-state index >= 15 is 0 Å². The fraction of sp³-hybridized carbons (Fsp3) is 0.350. The van der Waals surface area contributed by atoms with Gasteiger partial charge in [-0.1, -0.05) is 42.0 Å². The van der Waals surface area contributed by atoms with Gasteiger partial charge in [-0.25, -0.2) is 0 Å². The van der Waals surface area contributed by atoms with Gasteiger partial charge in [0, 0.05) is 26.6 Å². The Morgan fingerprint density at radius 1 is 1.24 bits per heavy atom. The Hall–Kier alpha value is -2.53. The van der Waals surface area contributed by atoms with Gasteiger partial charge in [0.2, 0.25) is 5.91 Å². The number of methoxy groups -OCH3 is 1. The molecule has 3 rings (SSSR count). The van der Waals surface area contributed by atoms with Gasteiger partial charge in [-0.15, -0.1) is 0 Å². The summed E-state index contributed by atoms with van der Waals surface area (Å²) in [6.45, 7) is 3.34. The Kier molecular flexibility index (Phi) is 5.24. The van der Waals surface area contributed by atoms with Crippen molar-refractivity contribution in [2.45, 2.75) is 25.5 Å². The number of rotatable bonds is 6. The smallest absolute Gasteiger partial charge is 0.245 e. The monoisotopic (exact) mass is 339 g/mol. The number of hydrogen-bond acceptors (Lipinski definition) is 4. The minimum Gasteiger partial charge on any atom is -0.397 e. The summed E-state index contributed by atoms with van der Waals surface area (Å²) in [6.07, 6.45) is 0.757. The molecule has 2 aromatic rings. The number of ether oxygens (including phenoxy) is 1. The van der Waals surface area contributed by atoms with E-state index < -0.39 is 0 Å². The molecule has 25 heavy (non-hydrogen) atoms. The van der Waals surface area contributed by atoms with Crippen LogP contribution in [0.15, 0.2) is 48.5 Å². The maximum Gasteiger partial charge on any atom is 0.245 e. The molecule has 0 bridgehead atoms. The first-order valence-corrected chi connectivity index (χ1v) is 8.55. The van der Waals surface area contributed by atoms with Crippen molar-refractivity contribution < 1.29 is 9.53 Å². The minimum atomic E-state index is -0.356. The van der Waals surface area contributed by atoms with Gasteiger partial charge in [-0.05, 0) is 24.6 Å². The second-order valence-electron chi connectivity index (χ2n) is 6.57. The fourth-order valence-electron chi connectivity index (χ4n) is 2.96. The Balaban J connectivity index is 1.76. The first-order chi connectivity index (χ1) is 12.1. The summed E-state index contributed by atoms with van der Waals surface area (Å²) in [5, 5.41) is 3.34. The molecule has 0 radical (unpaired) electrons. The zero-order valence-electron chi connectivity index (χ0n) is 14.7. The van der Waals surface area contributed by atoms with Crippen molar-refractivity contribution in [2.24, 2.45) is 0 Å². The van der Waals surface area contributed by atoms with E-state index in [1.165, 1.54) is 5.56 Å². The molecule has 1 saturated heterocycles. The number of carbonyl (C=O) groups is 1. The predicted molar refractivity (Wildman–Crippen MR) is 101 cm³/mol. The molecule has 0 spiro atoms. The maximum absolute atomic E-state index is 12.9. The number of para-hydroxylation sites is 2. The van der Waals surface area contributed by atoms with Gasteiger partial charge in [0.05, 0.1) is 17.5 Å². The second kappa shape index (κ2) is 7.57. The number of likely N-dealkylation sites (tertiary alicyclic amines) is 1. The molecule has 1 atom stereocenters. The van der Waals surface area contributed by atoms with Crippen LogP contribution in [0.4, 0.5) is 11.4 Å². The highest BCUT2D eigenvalue weighted by atomic mass is 16.5. The van der Waals surface area contributed by atoms with Crippen molar-refractivity contribution in [1.29, 1.82) is 0 Å². The third-order valence-corrected chi connectivity index (χ3v) is 4.64. The highest BCUT2D eigenvalue weighted by molar-refractivity contribution is 5.87. The van der Waals surface area contributed by atoms with Crippen molar-refractivity contribution in [3.05, 3.63) is 59.7 Å². The summed E-state index contributed by atoms with van der Waals surface area (Å²) in [5.41, 5.74) is 9.80. The number of nitrogens with zero attached hydrogens (tertiary/aromatic N) is 1. The highest BCUT2D eigenvalue weighted by Crippen LogP contribution is 2.22. The molecule has 1 aliphatic heterocycles. The van der Waals surface area contributed by atoms with E-state index in [9.17, 15) is 4.79 Å². The van der Waals surface area contributed by atoms with Crippen LogP contribution in [0.25, 0.3) is 0 Å². The lowest BCUT2D eigenvalue weighted by Gasteiger charge is -2.40. The zero-order valence-corrected chi connectivity index (χ0v) is 14.7. The Labute approximate surface area is 148 Å². The van der Waals surface area contributed by atoms with Crippen molar-refractivity contribution >= 4 is 17.3 Å². The van der Waals surface area contributed by atoms with Gasteiger partial charge in [-0.3, -0.25) is 4.79 Å². The first kappa shape index (κ1) is 17.3. The number of amides is 1. The summed E-state index contributed by atoms with van der Waals surface area (Å²) in [6, 6.07) is 15.5. The number of aryl methyl sites for hydroxylation is 1. The van der Waals surface area contributed by atoms with Crippen LogP contribution in [0.1, 0.15) is 11.1 Å². The lowest BCUT2D eigenvalue weighted by Crippen LogP contribution is -2.58. The molecule has 132 valence electrons. The van der Waals surface area contributed by atoms with E-state index in [4.69, 9.17) is 10.5 Å². The van der Waals surface area contributed by atoms with Crippen LogP contribution in [0.5, 0.6) is 0 Å². The van der Waals surface area contributed by atoms with E-state index in [-0.39, 0.29) is 18.1 Å². The Bertz CT molecular complexity index is 724. The normalized spacial score (nSPS) is 15.5. The van der Waals surface area contributed by atoms with Gasteiger partial charge in [0.1, 0.15) is 6.04 Å². The second-order valence-corrected chi connectivity index (χ2v) is 6.57. The molecule has 1 fully saturated rings. The van der Waals surface area contributed by atoms with Gasteiger partial charge in [0.25, 0.3) is 0 Å². The molecule has 5 heteroatoms. The summed E-state index contributed by atoms with van der Waals surface area (Å²) in [4.78, 5) is 14.8. The van der Waals surface area contributed by atoms with Crippen molar-refractivity contribution in [2.75, 3.05) is 31.2 Å². The number of carbonyl (C=O) groups excluding carboxylic acids is 1. The van der Waals surface area contributed by atoms with Crippen LogP contribution >= 0.6 is 0 Å². The average molecular weight is 339 g/mol. The summed E-state index contributed by atoms with van der Waals surface area (Å²) in [7, 11) is 1.68. The molecular formula is C20H25N3O2. The molecule has 0 aromatic heterocycles. The summed E-state index contributed by atoms with van der Waals surface area (Å²) in [5.74, 6) is 0.0807. The van der Waals surface area contributed by atoms with E-state index in [0.29, 0.717) is 25.2 Å². The zero-order chi connectivity index (χ0) is 17.8. The van der Waals surface area contributed by atoms with Gasteiger partial charge >= 0.3 is 0 Å². The maximum atomic E-state index is 12.9. The van der Waals surface area contributed by atoms with E-state index in [1.54, 1.807) is 7.11 Å². The van der Waals surface area contributed by atoms with Crippen molar-refractivity contribution in [3.8, 4) is 0 Å². The van der Waals surface area contributed by atoms with Crippen LogP contribution in [-0.4, -0.2) is 43.2 Å². The summed E-state index contributed by atoms with van der Waals surface area (Å²) < 4.78 is 5.28. The average Bonchev–Trinajstić information content (AvgIpc) is 2.57. The molecule has 1 amide bonds. The standard InChI is InChI=1S/C20H25N3O2/c1-14-7-9-15(10-8-14)11-19(20(24)23-12-16(13-23)25-2)22-18-6-4-3-5-17(18)21/h3-10,16,19,22H,11-13,21H2,1-2H3. The molecular weight excluding hydrogens is 314 g/mol. The molecule has 0 saturated carbocycles. The van der Waals surface area contributed by atoms with Crippen LogP contribution in [0.3, 0.4) is 0 Å². The topological polar surface area (TPSA) is 67.6 Å². The third-order valence-electron chi connectivity index (χ3n) is 4.64. The fourth-order valence-corrected chi connectivity index (χ4v) is 2.96. The van der Waals surface area contributed by atoms with Crippen molar-refractivity contribution in [1.82, 2.24) is 4.90 Å².